The Morgan fingerprint density at radius 3 is 2.45 bits per heavy atom. The quantitative estimate of drug-likeness (QED) is 0.775. The molecule has 1 aromatic heterocycles. The Bertz CT molecular complexity index is 594. The van der Waals surface area contributed by atoms with Crippen LogP contribution < -0.4 is 0 Å². The third-order valence-corrected chi connectivity index (χ3v) is 3.53. The minimum atomic E-state index is 0.148. The van der Waals surface area contributed by atoms with Crippen LogP contribution in [0.2, 0.25) is 0 Å². The second-order valence-electron chi connectivity index (χ2n) is 5.47. The van der Waals surface area contributed by atoms with Crippen molar-refractivity contribution in [2.24, 2.45) is 0 Å². The van der Waals surface area contributed by atoms with Gasteiger partial charge in [-0.15, -0.1) is 0 Å². The van der Waals surface area contributed by atoms with Gasteiger partial charge in [0.05, 0.1) is 12.1 Å². The zero-order valence-corrected chi connectivity index (χ0v) is 12.7. The van der Waals surface area contributed by atoms with Crippen LogP contribution in [0.25, 0.3) is 0 Å². The first-order chi connectivity index (χ1) is 9.51. The van der Waals surface area contributed by atoms with E-state index >= 15 is 0 Å². The van der Waals surface area contributed by atoms with Gasteiger partial charge < -0.3 is 0 Å². The number of aryl methyl sites for hydroxylation is 2. The summed E-state index contributed by atoms with van der Waals surface area (Å²) in [4.78, 5) is 12.3. The minimum Gasteiger partial charge on any atom is -0.294 e. The van der Waals surface area contributed by atoms with E-state index in [1.54, 1.807) is 0 Å². The zero-order valence-electron chi connectivity index (χ0n) is 12.7. The first-order valence-electron chi connectivity index (χ1n) is 7.17. The average Bonchev–Trinajstić information content (AvgIpc) is 2.78. The smallest absolute Gasteiger partial charge is 0.168 e. The Morgan fingerprint density at radius 1 is 1.25 bits per heavy atom. The number of carbonyl (C=O) groups is 1. The number of Topliss-reactive ketones (excluding diaryl/α,β-unsaturated/α-hetero) is 1. The van der Waals surface area contributed by atoms with Crippen molar-refractivity contribution in [3.05, 3.63) is 52.8 Å². The standard InChI is InChI=1S/C17H22N2O/c1-5-19-16(10-13(4)18-19)11-17(20)15-8-6-14(7-9-15)12(2)3/h6-10,12H,5,11H2,1-4H3. The molecule has 0 aliphatic heterocycles. The van der Waals surface area contributed by atoms with Crippen molar-refractivity contribution in [3.63, 3.8) is 0 Å². The molecule has 0 saturated carbocycles. The van der Waals surface area contributed by atoms with Crippen molar-refractivity contribution < 1.29 is 4.79 Å². The highest BCUT2D eigenvalue weighted by Crippen LogP contribution is 2.16. The number of aromatic nitrogens is 2. The molecule has 0 unspecified atom stereocenters. The lowest BCUT2D eigenvalue weighted by Gasteiger charge is -2.07. The predicted octanol–water partition coefficient (Wildman–Crippen LogP) is 3.76. The van der Waals surface area contributed by atoms with E-state index in [1.165, 1.54) is 5.56 Å². The highest BCUT2D eigenvalue weighted by Gasteiger charge is 2.12. The third kappa shape index (κ3) is 3.16. The van der Waals surface area contributed by atoms with E-state index in [4.69, 9.17) is 0 Å². The highest BCUT2D eigenvalue weighted by molar-refractivity contribution is 5.97. The monoisotopic (exact) mass is 270 g/mol. The molecule has 2 rings (SSSR count). The van der Waals surface area contributed by atoms with Gasteiger partial charge in [-0.05, 0) is 31.4 Å². The molecule has 1 aromatic carbocycles. The van der Waals surface area contributed by atoms with Crippen molar-refractivity contribution in [2.45, 2.75) is 46.6 Å². The van der Waals surface area contributed by atoms with Crippen LogP contribution in [0.4, 0.5) is 0 Å². The number of hydrogen-bond acceptors (Lipinski definition) is 2. The molecule has 0 fully saturated rings. The third-order valence-electron chi connectivity index (χ3n) is 3.53. The summed E-state index contributed by atoms with van der Waals surface area (Å²) in [6, 6.07) is 9.93. The van der Waals surface area contributed by atoms with Crippen LogP contribution in [-0.2, 0) is 13.0 Å². The largest absolute Gasteiger partial charge is 0.294 e. The summed E-state index contributed by atoms with van der Waals surface area (Å²) in [5, 5.41) is 4.38. The Kier molecular flexibility index (Phi) is 4.38. The lowest BCUT2D eigenvalue weighted by Crippen LogP contribution is -2.09. The van der Waals surface area contributed by atoms with E-state index in [2.05, 4.69) is 18.9 Å². The van der Waals surface area contributed by atoms with Gasteiger partial charge in [-0.25, -0.2) is 0 Å². The Morgan fingerprint density at radius 2 is 1.90 bits per heavy atom. The van der Waals surface area contributed by atoms with Crippen LogP contribution >= 0.6 is 0 Å². The van der Waals surface area contributed by atoms with Gasteiger partial charge in [0.2, 0.25) is 0 Å². The highest BCUT2D eigenvalue weighted by atomic mass is 16.1. The molecule has 0 amide bonds. The molecule has 0 N–H and O–H groups in total. The maximum absolute atomic E-state index is 12.3. The van der Waals surface area contributed by atoms with Crippen LogP contribution in [0.1, 0.15) is 54.0 Å². The molecule has 0 radical (unpaired) electrons. The number of benzene rings is 1. The van der Waals surface area contributed by atoms with Crippen molar-refractivity contribution in [1.82, 2.24) is 9.78 Å². The molecule has 3 nitrogen and oxygen atoms in total. The molecule has 20 heavy (non-hydrogen) atoms. The Hall–Kier alpha value is -1.90. The Balaban J connectivity index is 2.15. The number of hydrogen-bond donors (Lipinski definition) is 0. The molecule has 3 heteroatoms. The average molecular weight is 270 g/mol. The topological polar surface area (TPSA) is 34.9 Å². The molecule has 2 aromatic rings. The summed E-state index contributed by atoms with van der Waals surface area (Å²) in [7, 11) is 0. The fourth-order valence-electron chi connectivity index (χ4n) is 2.34. The fourth-order valence-corrected chi connectivity index (χ4v) is 2.34. The number of ketones is 1. The van der Waals surface area contributed by atoms with E-state index < -0.39 is 0 Å². The van der Waals surface area contributed by atoms with Crippen molar-refractivity contribution in [1.29, 1.82) is 0 Å². The molecule has 1 heterocycles. The molecule has 0 aliphatic carbocycles. The van der Waals surface area contributed by atoms with Crippen LogP contribution in [0.15, 0.2) is 30.3 Å². The molecule has 0 spiro atoms. The van der Waals surface area contributed by atoms with Gasteiger partial charge in [-0.2, -0.15) is 5.10 Å². The molecule has 106 valence electrons. The van der Waals surface area contributed by atoms with Crippen molar-refractivity contribution in [3.8, 4) is 0 Å². The molecular weight excluding hydrogens is 248 g/mol. The number of nitrogens with zero attached hydrogens (tertiary/aromatic N) is 2. The summed E-state index contributed by atoms with van der Waals surface area (Å²) in [6.07, 6.45) is 0.412. The van der Waals surface area contributed by atoms with Gasteiger partial charge >= 0.3 is 0 Å². The second kappa shape index (κ2) is 6.04. The summed E-state index contributed by atoms with van der Waals surface area (Å²) < 4.78 is 1.90. The second-order valence-corrected chi connectivity index (χ2v) is 5.47. The molecule has 0 aliphatic rings. The SMILES string of the molecule is CCn1nc(C)cc1CC(=O)c1ccc(C(C)C)cc1. The Labute approximate surface area is 120 Å². The van der Waals surface area contributed by atoms with E-state index in [-0.39, 0.29) is 5.78 Å². The number of carbonyl (C=O) groups excluding carboxylic acids is 1. The minimum absolute atomic E-state index is 0.148. The summed E-state index contributed by atoms with van der Waals surface area (Å²) >= 11 is 0. The predicted molar refractivity (Wildman–Crippen MR) is 81.2 cm³/mol. The van der Waals surface area contributed by atoms with Gasteiger partial charge in [0, 0.05) is 17.8 Å². The van der Waals surface area contributed by atoms with E-state index in [0.717, 1.165) is 23.5 Å². The van der Waals surface area contributed by atoms with Gasteiger partial charge in [-0.1, -0.05) is 38.1 Å². The first kappa shape index (κ1) is 14.5. The molecule has 0 saturated heterocycles. The maximum Gasteiger partial charge on any atom is 0.168 e. The van der Waals surface area contributed by atoms with Crippen molar-refractivity contribution >= 4 is 5.78 Å². The van der Waals surface area contributed by atoms with E-state index in [0.29, 0.717) is 12.3 Å². The fraction of sp³-hybridized carbons (Fsp3) is 0.412. The van der Waals surface area contributed by atoms with Gasteiger partial charge in [0.15, 0.2) is 5.78 Å². The van der Waals surface area contributed by atoms with Crippen LogP contribution in [-0.4, -0.2) is 15.6 Å². The normalized spacial score (nSPS) is 11.1. The van der Waals surface area contributed by atoms with Crippen LogP contribution in [0.3, 0.4) is 0 Å². The summed E-state index contributed by atoms with van der Waals surface area (Å²) in [6.45, 7) is 9.09. The maximum atomic E-state index is 12.3. The first-order valence-corrected chi connectivity index (χ1v) is 7.17. The van der Waals surface area contributed by atoms with Crippen LogP contribution in [0, 0.1) is 6.92 Å². The molecular formula is C17H22N2O. The lowest BCUT2D eigenvalue weighted by molar-refractivity contribution is 0.0990. The van der Waals surface area contributed by atoms with Gasteiger partial charge in [0.25, 0.3) is 0 Å². The van der Waals surface area contributed by atoms with Gasteiger partial charge in [-0.3, -0.25) is 9.48 Å². The molecule has 0 atom stereocenters. The van der Waals surface area contributed by atoms with Crippen LogP contribution in [0.5, 0.6) is 0 Å². The zero-order chi connectivity index (χ0) is 14.7. The van der Waals surface area contributed by atoms with Gasteiger partial charge in [0.1, 0.15) is 0 Å². The summed E-state index contributed by atoms with van der Waals surface area (Å²) in [5.74, 6) is 0.637. The lowest BCUT2D eigenvalue weighted by atomic mass is 9.99. The molecule has 0 bridgehead atoms. The van der Waals surface area contributed by atoms with E-state index in [1.807, 2.05) is 48.9 Å². The summed E-state index contributed by atoms with van der Waals surface area (Å²) in [5.41, 5.74) is 3.99. The van der Waals surface area contributed by atoms with E-state index in [9.17, 15) is 4.79 Å². The van der Waals surface area contributed by atoms with Crippen molar-refractivity contribution in [2.75, 3.05) is 0 Å². The number of rotatable bonds is 5.